The smallest absolute Gasteiger partial charge is 0.303 e. The maximum atomic E-state index is 11.7. The van der Waals surface area contributed by atoms with Gasteiger partial charge >= 0.3 is 5.97 Å². The van der Waals surface area contributed by atoms with Gasteiger partial charge < -0.3 is 5.11 Å². The number of aliphatic carboxylic acids is 1. The molecule has 1 rings (SSSR count). The lowest BCUT2D eigenvalue weighted by atomic mass is 9.99. The van der Waals surface area contributed by atoms with E-state index in [4.69, 9.17) is 5.11 Å². The van der Waals surface area contributed by atoms with Crippen molar-refractivity contribution in [2.24, 2.45) is 0 Å². The Labute approximate surface area is 101 Å². The fraction of sp³-hybridized carbons (Fsp3) is 0.429. The van der Waals surface area contributed by atoms with Crippen molar-refractivity contribution in [2.45, 2.75) is 39.0 Å². The number of carboxylic acid groups (broad SMARTS) is 1. The molecular weight excluding hydrogens is 216 g/mol. The van der Waals surface area contributed by atoms with E-state index in [2.05, 4.69) is 13.8 Å². The minimum atomic E-state index is -0.854. The predicted molar refractivity (Wildman–Crippen MR) is 66.3 cm³/mol. The predicted octanol–water partition coefficient (Wildman–Crippen LogP) is 3.25. The van der Waals surface area contributed by atoms with E-state index in [1.165, 1.54) is 5.56 Å². The number of ketones is 1. The molecule has 3 heteroatoms. The summed E-state index contributed by atoms with van der Waals surface area (Å²) in [5, 5.41) is 8.48. The first-order valence-corrected chi connectivity index (χ1v) is 5.85. The molecule has 0 aliphatic heterocycles. The van der Waals surface area contributed by atoms with E-state index in [-0.39, 0.29) is 12.2 Å². The number of Topliss-reactive ketones (excluding diaryl/α,β-unsaturated/α-hetero) is 1. The Bertz CT molecular complexity index is 390. The van der Waals surface area contributed by atoms with E-state index >= 15 is 0 Å². The van der Waals surface area contributed by atoms with Crippen molar-refractivity contribution in [1.29, 1.82) is 0 Å². The molecule has 17 heavy (non-hydrogen) atoms. The van der Waals surface area contributed by atoms with E-state index in [9.17, 15) is 9.59 Å². The molecule has 0 spiro atoms. The summed E-state index contributed by atoms with van der Waals surface area (Å²) in [6, 6.07) is 7.54. The average molecular weight is 234 g/mol. The molecule has 92 valence electrons. The number of hydrogen-bond acceptors (Lipinski definition) is 2. The fourth-order valence-corrected chi connectivity index (χ4v) is 1.60. The molecule has 0 amide bonds. The number of hydrogen-bond donors (Lipinski definition) is 1. The van der Waals surface area contributed by atoms with Crippen LogP contribution >= 0.6 is 0 Å². The normalized spacial score (nSPS) is 10.5. The van der Waals surface area contributed by atoms with Crippen molar-refractivity contribution in [3.05, 3.63) is 35.4 Å². The van der Waals surface area contributed by atoms with Gasteiger partial charge in [0.2, 0.25) is 0 Å². The van der Waals surface area contributed by atoms with Crippen LogP contribution in [0.2, 0.25) is 0 Å². The van der Waals surface area contributed by atoms with Gasteiger partial charge in [0.25, 0.3) is 0 Å². The van der Waals surface area contributed by atoms with E-state index in [1.54, 1.807) is 0 Å². The summed E-state index contributed by atoms with van der Waals surface area (Å²) in [4.78, 5) is 22.0. The van der Waals surface area contributed by atoms with Crippen molar-refractivity contribution in [1.82, 2.24) is 0 Å². The SMILES string of the molecule is CC(C)c1ccc(C(=O)CCCC(=O)O)cc1. The third kappa shape index (κ3) is 4.39. The molecule has 0 saturated heterocycles. The van der Waals surface area contributed by atoms with Gasteiger partial charge in [0.05, 0.1) is 0 Å². The molecule has 0 aliphatic carbocycles. The zero-order chi connectivity index (χ0) is 12.8. The summed E-state index contributed by atoms with van der Waals surface area (Å²) in [5.41, 5.74) is 1.87. The number of carbonyl (C=O) groups excluding carboxylic acids is 1. The Morgan fingerprint density at radius 3 is 2.18 bits per heavy atom. The fourth-order valence-electron chi connectivity index (χ4n) is 1.60. The highest BCUT2D eigenvalue weighted by Gasteiger charge is 2.07. The quantitative estimate of drug-likeness (QED) is 0.769. The molecule has 0 atom stereocenters. The monoisotopic (exact) mass is 234 g/mol. The molecule has 0 bridgehead atoms. The van der Waals surface area contributed by atoms with Crippen LogP contribution in [0.5, 0.6) is 0 Å². The molecule has 3 nitrogen and oxygen atoms in total. The van der Waals surface area contributed by atoms with Gasteiger partial charge in [-0.1, -0.05) is 38.1 Å². The van der Waals surface area contributed by atoms with Crippen molar-refractivity contribution in [2.75, 3.05) is 0 Å². The summed E-state index contributed by atoms with van der Waals surface area (Å²) in [5.74, 6) is -0.388. The Hall–Kier alpha value is -1.64. The first-order chi connectivity index (χ1) is 8.00. The highest BCUT2D eigenvalue weighted by atomic mass is 16.4. The molecule has 0 unspecified atom stereocenters. The first-order valence-electron chi connectivity index (χ1n) is 5.85. The number of carbonyl (C=O) groups is 2. The van der Waals surface area contributed by atoms with Crippen LogP contribution in [-0.4, -0.2) is 16.9 Å². The topological polar surface area (TPSA) is 54.4 Å². The minimum absolute atomic E-state index is 0.0153. The standard InChI is InChI=1S/C14H18O3/c1-10(2)11-6-8-12(9-7-11)13(15)4-3-5-14(16)17/h6-10H,3-5H2,1-2H3,(H,16,17). The van der Waals surface area contributed by atoms with Gasteiger partial charge in [-0.25, -0.2) is 0 Å². The molecule has 1 aromatic carbocycles. The second-order valence-electron chi connectivity index (χ2n) is 4.45. The summed E-state index contributed by atoms with van der Waals surface area (Å²) < 4.78 is 0. The highest BCUT2D eigenvalue weighted by molar-refractivity contribution is 5.96. The Morgan fingerprint density at radius 1 is 1.12 bits per heavy atom. The van der Waals surface area contributed by atoms with Gasteiger partial charge in [-0.05, 0) is 17.9 Å². The first kappa shape index (κ1) is 13.4. The Morgan fingerprint density at radius 2 is 1.71 bits per heavy atom. The Kier molecular flexibility index (Phi) is 4.88. The van der Waals surface area contributed by atoms with E-state index in [0.29, 0.717) is 24.3 Å². The lowest BCUT2D eigenvalue weighted by Crippen LogP contribution is -2.02. The summed E-state index contributed by atoms with van der Waals surface area (Å²) >= 11 is 0. The third-order valence-electron chi connectivity index (χ3n) is 2.69. The molecule has 0 fully saturated rings. The molecule has 0 saturated carbocycles. The van der Waals surface area contributed by atoms with Crippen molar-refractivity contribution in [3.63, 3.8) is 0 Å². The van der Waals surface area contributed by atoms with Gasteiger partial charge in [-0.15, -0.1) is 0 Å². The van der Waals surface area contributed by atoms with Crippen LogP contribution in [0.25, 0.3) is 0 Å². The molecular formula is C14H18O3. The molecule has 0 radical (unpaired) electrons. The number of carboxylic acids is 1. The second kappa shape index (κ2) is 6.18. The number of benzene rings is 1. The zero-order valence-corrected chi connectivity index (χ0v) is 10.3. The lowest BCUT2D eigenvalue weighted by Gasteiger charge is -2.06. The number of rotatable bonds is 6. The largest absolute Gasteiger partial charge is 0.481 e. The van der Waals surface area contributed by atoms with Gasteiger partial charge in [0.15, 0.2) is 5.78 Å². The second-order valence-corrected chi connectivity index (χ2v) is 4.45. The van der Waals surface area contributed by atoms with Crippen LogP contribution < -0.4 is 0 Å². The van der Waals surface area contributed by atoms with Crippen LogP contribution in [0, 0.1) is 0 Å². The molecule has 1 aromatic rings. The Balaban J connectivity index is 2.54. The molecule has 0 aromatic heterocycles. The van der Waals surface area contributed by atoms with Crippen molar-refractivity contribution < 1.29 is 14.7 Å². The van der Waals surface area contributed by atoms with E-state index < -0.39 is 5.97 Å². The van der Waals surface area contributed by atoms with Crippen LogP contribution in [0.15, 0.2) is 24.3 Å². The van der Waals surface area contributed by atoms with Crippen LogP contribution in [0.3, 0.4) is 0 Å². The van der Waals surface area contributed by atoms with Crippen LogP contribution in [0.1, 0.15) is 54.9 Å². The highest BCUT2D eigenvalue weighted by Crippen LogP contribution is 2.16. The molecule has 0 aliphatic rings. The molecule has 0 heterocycles. The summed E-state index contributed by atoms with van der Waals surface area (Å²) in [6.45, 7) is 4.20. The maximum Gasteiger partial charge on any atom is 0.303 e. The van der Waals surface area contributed by atoms with E-state index in [0.717, 1.165) is 0 Å². The summed E-state index contributed by atoms with van der Waals surface area (Å²) in [6.07, 6.45) is 0.753. The summed E-state index contributed by atoms with van der Waals surface area (Å²) in [7, 11) is 0. The zero-order valence-electron chi connectivity index (χ0n) is 10.3. The van der Waals surface area contributed by atoms with Gasteiger partial charge in [-0.3, -0.25) is 9.59 Å². The van der Waals surface area contributed by atoms with Gasteiger partial charge in [0.1, 0.15) is 0 Å². The van der Waals surface area contributed by atoms with Crippen LogP contribution in [0.4, 0.5) is 0 Å². The third-order valence-corrected chi connectivity index (χ3v) is 2.69. The van der Waals surface area contributed by atoms with Crippen molar-refractivity contribution >= 4 is 11.8 Å². The van der Waals surface area contributed by atoms with Crippen LogP contribution in [-0.2, 0) is 4.79 Å². The van der Waals surface area contributed by atoms with Gasteiger partial charge in [0, 0.05) is 18.4 Å². The van der Waals surface area contributed by atoms with Gasteiger partial charge in [-0.2, -0.15) is 0 Å². The average Bonchev–Trinajstić information content (AvgIpc) is 2.28. The minimum Gasteiger partial charge on any atom is -0.481 e. The van der Waals surface area contributed by atoms with E-state index in [1.807, 2.05) is 24.3 Å². The van der Waals surface area contributed by atoms with Crippen molar-refractivity contribution in [3.8, 4) is 0 Å². The maximum absolute atomic E-state index is 11.7. The molecule has 1 N–H and O–H groups in total. The lowest BCUT2D eigenvalue weighted by molar-refractivity contribution is -0.137.